The minimum absolute atomic E-state index is 0.0976. The van der Waals surface area contributed by atoms with Crippen LogP contribution in [-0.4, -0.2) is 44.8 Å². The summed E-state index contributed by atoms with van der Waals surface area (Å²) in [5.74, 6) is -0.758. The van der Waals surface area contributed by atoms with Gasteiger partial charge in [0.2, 0.25) is 11.8 Å². The van der Waals surface area contributed by atoms with Crippen molar-refractivity contribution in [3.05, 3.63) is 94.5 Å². The highest BCUT2D eigenvalue weighted by Crippen LogP contribution is 2.29. The van der Waals surface area contributed by atoms with Gasteiger partial charge in [-0.2, -0.15) is 0 Å². The van der Waals surface area contributed by atoms with Crippen LogP contribution in [0.4, 0.5) is 5.69 Å². The number of aryl methyl sites for hydroxylation is 4. The third-order valence-corrected chi connectivity index (χ3v) is 8.36. The average Bonchev–Trinajstić information content (AvgIpc) is 2.88. The standard InChI is InChI=1S/C30H37N3O4S/c1-7-27(30(35)31-6)32(19-25-10-8-9-22(3)17-25)29(34)20-33(28-18-23(4)11-14-24(28)5)38(36,37)26-15-12-21(2)13-16-26/h8-18,27H,7,19-20H2,1-6H3,(H,31,35)/t27-/m1/s1. The first kappa shape index (κ1) is 28.9. The Morgan fingerprint density at radius 3 is 2.11 bits per heavy atom. The van der Waals surface area contributed by atoms with Gasteiger partial charge in [0.1, 0.15) is 12.6 Å². The number of amides is 2. The molecule has 0 aromatic heterocycles. The Bertz CT molecular complexity index is 1400. The molecule has 0 aliphatic rings. The lowest BCUT2D eigenvalue weighted by atomic mass is 10.1. The maximum Gasteiger partial charge on any atom is 0.264 e. The van der Waals surface area contributed by atoms with Crippen molar-refractivity contribution in [3.8, 4) is 0 Å². The van der Waals surface area contributed by atoms with Crippen molar-refractivity contribution >= 4 is 27.5 Å². The first-order valence-electron chi connectivity index (χ1n) is 12.7. The summed E-state index contributed by atoms with van der Waals surface area (Å²) in [7, 11) is -2.56. The van der Waals surface area contributed by atoms with Gasteiger partial charge < -0.3 is 10.2 Å². The molecule has 0 saturated heterocycles. The predicted octanol–water partition coefficient (Wildman–Crippen LogP) is 4.67. The molecule has 8 heteroatoms. The molecule has 1 atom stereocenters. The van der Waals surface area contributed by atoms with Crippen LogP contribution in [0.25, 0.3) is 0 Å². The first-order valence-corrected chi connectivity index (χ1v) is 14.1. The summed E-state index contributed by atoms with van der Waals surface area (Å²) in [6, 6.07) is 19.1. The number of rotatable bonds is 10. The number of hydrogen-bond donors (Lipinski definition) is 1. The van der Waals surface area contributed by atoms with Gasteiger partial charge in [-0.3, -0.25) is 13.9 Å². The van der Waals surface area contributed by atoms with Crippen LogP contribution in [-0.2, 0) is 26.2 Å². The van der Waals surface area contributed by atoms with Gasteiger partial charge in [0.15, 0.2) is 0 Å². The highest BCUT2D eigenvalue weighted by molar-refractivity contribution is 7.92. The lowest BCUT2D eigenvalue weighted by Crippen LogP contribution is -2.51. The van der Waals surface area contributed by atoms with Gasteiger partial charge in [0, 0.05) is 13.6 Å². The summed E-state index contributed by atoms with van der Waals surface area (Å²) in [4.78, 5) is 28.4. The molecule has 0 heterocycles. The highest BCUT2D eigenvalue weighted by Gasteiger charge is 2.34. The smallest absolute Gasteiger partial charge is 0.264 e. The summed E-state index contributed by atoms with van der Waals surface area (Å²) in [6.07, 6.45) is 0.380. The van der Waals surface area contributed by atoms with Crippen LogP contribution in [0.1, 0.15) is 41.2 Å². The van der Waals surface area contributed by atoms with Gasteiger partial charge in [0.05, 0.1) is 10.6 Å². The topological polar surface area (TPSA) is 86.8 Å². The van der Waals surface area contributed by atoms with E-state index in [-0.39, 0.29) is 17.3 Å². The van der Waals surface area contributed by atoms with E-state index in [0.29, 0.717) is 12.1 Å². The maximum absolute atomic E-state index is 14.0. The van der Waals surface area contributed by atoms with E-state index in [9.17, 15) is 18.0 Å². The summed E-state index contributed by atoms with van der Waals surface area (Å²) >= 11 is 0. The van der Waals surface area contributed by atoms with Gasteiger partial charge in [0.25, 0.3) is 10.0 Å². The number of likely N-dealkylation sites (N-methyl/N-ethyl adjacent to an activating group) is 1. The molecular weight excluding hydrogens is 498 g/mol. The lowest BCUT2D eigenvalue weighted by Gasteiger charge is -2.33. The zero-order valence-electron chi connectivity index (χ0n) is 23.0. The zero-order chi connectivity index (χ0) is 28.0. The summed E-state index contributed by atoms with van der Waals surface area (Å²) in [6.45, 7) is 9.11. The molecule has 0 bridgehead atoms. The Morgan fingerprint density at radius 1 is 0.868 bits per heavy atom. The van der Waals surface area contributed by atoms with Crippen LogP contribution < -0.4 is 9.62 Å². The van der Waals surface area contributed by atoms with Crippen molar-refractivity contribution in [3.63, 3.8) is 0 Å². The number of sulfonamides is 1. The Morgan fingerprint density at radius 2 is 1.50 bits per heavy atom. The summed E-state index contributed by atoms with van der Waals surface area (Å²) in [5, 5.41) is 2.65. The Labute approximate surface area is 226 Å². The van der Waals surface area contributed by atoms with E-state index in [1.165, 1.54) is 16.3 Å². The van der Waals surface area contributed by atoms with Crippen LogP contribution in [0, 0.1) is 27.7 Å². The van der Waals surface area contributed by atoms with E-state index < -0.39 is 28.5 Å². The van der Waals surface area contributed by atoms with Crippen molar-refractivity contribution in [2.75, 3.05) is 17.9 Å². The molecule has 3 rings (SSSR count). The minimum Gasteiger partial charge on any atom is -0.357 e. The number of hydrogen-bond acceptors (Lipinski definition) is 4. The Balaban J connectivity index is 2.11. The van der Waals surface area contributed by atoms with Crippen molar-refractivity contribution in [1.82, 2.24) is 10.2 Å². The zero-order valence-corrected chi connectivity index (χ0v) is 23.8. The second-order valence-electron chi connectivity index (χ2n) is 9.66. The molecule has 2 amide bonds. The van der Waals surface area contributed by atoms with Gasteiger partial charge in [-0.15, -0.1) is 0 Å². The Hall–Kier alpha value is -3.65. The molecule has 7 nitrogen and oxygen atoms in total. The van der Waals surface area contributed by atoms with Gasteiger partial charge >= 0.3 is 0 Å². The molecule has 202 valence electrons. The molecular formula is C30H37N3O4S. The molecule has 0 aliphatic carbocycles. The fraction of sp³-hybridized carbons (Fsp3) is 0.333. The number of carbonyl (C=O) groups excluding carboxylic acids is 2. The van der Waals surface area contributed by atoms with E-state index >= 15 is 0 Å². The summed E-state index contributed by atoms with van der Waals surface area (Å²) in [5.41, 5.74) is 4.85. The quantitative estimate of drug-likeness (QED) is 0.409. The second-order valence-corrected chi connectivity index (χ2v) is 11.5. The number of nitrogens with one attached hydrogen (secondary N) is 1. The minimum atomic E-state index is -4.09. The molecule has 38 heavy (non-hydrogen) atoms. The molecule has 0 fully saturated rings. The van der Waals surface area contributed by atoms with E-state index in [1.54, 1.807) is 30.3 Å². The van der Waals surface area contributed by atoms with E-state index in [0.717, 1.165) is 27.8 Å². The highest BCUT2D eigenvalue weighted by atomic mass is 32.2. The number of benzene rings is 3. The largest absolute Gasteiger partial charge is 0.357 e. The third kappa shape index (κ3) is 6.61. The van der Waals surface area contributed by atoms with Crippen LogP contribution in [0.15, 0.2) is 71.6 Å². The lowest BCUT2D eigenvalue weighted by molar-refractivity contribution is -0.140. The monoisotopic (exact) mass is 535 g/mol. The third-order valence-electron chi connectivity index (χ3n) is 6.59. The van der Waals surface area contributed by atoms with Gasteiger partial charge in [-0.1, -0.05) is 66.6 Å². The SMILES string of the molecule is CC[C@H](C(=O)NC)N(Cc1cccc(C)c1)C(=O)CN(c1cc(C)ccc1C)S(=O)(=O)c1ccc(C)cc1. The molecule has 3 aromatic carbocycles. The second kappa shape index (κ2) is 12.3. The molecule has 0 radical (unpaired) electrons. The summed E-state index contributed by atoms with van der Waals surface area (Å²) < 4.78 is 29.1. The van der Waals surface area contributed by atoms with Crippen LogP contribution >= 0.6 is 0 Å². The molecule has 0 unspecified atom stereocenters. The van der Waals surface area contributed by atoms with E-state index in [1.807, 2.05) is 71.0 Å². The first-order chi connectivity index (χ1) is 18.0. The van der Waals surface area contributed by atoms with E-state index in [4.69, 9.17) is 0 Å². The normalized spacial score (nSPS) is 12.1. The van der Waals surface area contributed by atoms with Gasteiger partial charge in [-0.25, -0.2) is 8.42 Å². The molecule has 0 spiro atoms. The van der Waals surface area contributed by atoms with Crippen molar-refractivity contribution in [2.24, 2.45) is 0 Å². The fourth-order valence-corrected chi connectivity index (χ4v) is 5.90. The number of nitrogens with zero attached hydrogens (tertiary/aromatic N) is 2. The average molecular weight is 536 g/mol. The van der Waals surface area contributed by atoms with Crippen molar-refractivity contribution in [1.29, 1.82) is 0 Å². The fourth-order valence-electron chi connectivity index (χ4n) is 4.43. The number of anilines is 1. The van der Waals surface area contributed by atoms with E-state index in [2.05, 4.69) is 5.32 Å². The molecule has 3 aromatic rings. The molecule has 1 N–H and O–H groups in total. The molecule has 0 saturated carbocycles. The van der Waals surface area contributed by atoms with Crippen molar-refractivity contribution in [2.45, 2.75) is 58.5 Å². The van der Waals surface area contributed by atoms with Crippen LogP contribution in [0.5, 0.6) is 0 Å². The Kier molecular flexibility index (Phi) is 9.33. The van der Waals surface area contributed by atoms with Crippen LogP contribution in [0.2, 0.25) is 0 Å². The van der Waals surface area contributed by atoms with Crippen molar-refractivity contribution < 1.29 is 18.0 Å². The number of carbonyl (C=O) groups is 2. The molecule has 0 aliphatic heterocycles. The predicted molar refractivity (Wildman–Crippen MR) is 152 cm³/mol. The van der Waals surface area contributed by atoms with Gasteiger partial charge in [-0.05, 0) is 69.0 Å². The van der Waals surface area contributed by atoms with Crippen LogP contribution in [0.3, 0.4) is 0 Å². The maximum atomic E-state index is 14.0.